The lowest BCUT2D eigenvalue weighted by molar-refractivity contribution is 0.183. The Labute approximate surface area is 97.4 Å². The zero-order valence-electron chi connectivity index (χ0n) is 10.5. The second-order valence-corrected chi connectivity index (χ2v) is 4.15. The predicted octanol–water partition coefficient (Wildman–Crippen LogP) is 1.57. The molecular weight excluding hydrogens is 202 g/mol. The Morgan fingerprint density at radius 3 is 2.56 bits per heavy atom. The summed E-state index contributed by atoms with van der Waals surface area (Å²) in [6.07, 6.45) is 1.83. The molecule has 1 aromatic heterocycles. The standard InChI is InChI=1S/C12H21N3O/c1-9(8-16-4)15(3)12-6-5-11(7-14-12)10(2)13/h5-7,9-10H,8,13H2,1-4H3. The van der Waals surface area contributed by atoms with Crippen molar-refractivity contribution in [1.29, 1.82) is 0 Å². The summed E-state index contributed by atoms with van der Waals surface area (Å²) >= 11 is 0. The fourth-order valence-corrected chi connectivity index (χ4v) is 1.45. The van der Waals surface area contributed by atoms with Crippen LogP contribution < -0.4 is 10.6 Å². The van der Waals surface area contributed by atoms with E-state index in [0.717, 1.165) is 11.4 Å². The molecule has 0 aromatic carbocycles. The molecule has 1 heterocycles. The molecule has 16 heavy (non-hydrogen) atoms. The Morgan fingerprint density at radius 1 is 1.44 bits per heavy atom. The van der Waals surface area contributed by atoms with Crippen LogP contribution >= 0.6 is 0 Å². The van der Waals surface area contributed by atoms with Crippen molar-refractivity contribution in [1.82, 2.24) is 4.98 Å². The predicted molar refractivity (Wildman–Crippen MR) is 66.6 cm³/mol. The van der Waals surface area contributed by atoms with E-state index >= 15 is 0 Å². The van der Waals surface area contributed by atoms with Crippen LogP contribution in [0.25, 0.3) is 0 Å². The first-order valence-corrected chi connectivity index (χ1v) is 5.49. The van der Waals surface area contributed by atoms with E-state index < -0.39 is 0 Å². The van der Waals surface area contributed by atoms with Gasteiger partial charge in [-0.3, -0.25) is 0 Å². The highest BCUT2D eigenvalue weighted by molar-refractivity contribution is 5.39. The smallest absolute Gasteiger partial charge is 0.128 e. The van der Waals surface area contributed by atoms with Gasteiger partial charge in [-0.05, 0) is 25.5 Å². The third kappa shape index (κ3) is 3.18. The number of pyridine rings is 1. The van der Waals surface area contributed by atoms with Gasteiger partial charge in [0.25, 0.3) is 0 Å². The van der Waals surface area contributed by atoms with Crippen LogP contribution in [0, 0.1) is 0 Å². The summed E-state index contributed by atoms with van der Waals surface area (Å²) in [5.74, 6) is 0.939. The van der Waals surface area contributed by atoms with E-state index in [1.54, 1.807) is 7.11 Å². The molecule has 90 valence electrons. The van der Waals surface area contributed by atoms with Gasteiger partial charge in [0.2, 0.25) is 0 Å². The number of aromatic nitrogens is 1. The summed E-state index contributed by atoms with van der Waals surface area (Å²) in [7, 11) is 3.72. The number of hydrogen-bond acceptors (Lipinski definition) is 4. The van der Waals surface area contributed by atoms with Crippen molar-refractivity contribution in [2.45, 2.75) is 25.9 Å². The largest absolute Gasteiger partial charge is 0.383 e. The second-order valence-electron chi connectivity index (χ2n) is 4.15. The molecule has 2 atom stereocenters. The number of nitrogens with two attached hydrogens (primary N) is 1. The summed E-state index contributed by atoms with van der Waals surface area (Å²) < 4.78 is 5.12. The third-order valence-corrected chi connectivity index (χ3v) is 2.73. The van der Waals surface area contributed by atoms with Gasteiger partial charge in [-0.15, -0.1) is 0 Å². The molecule has 4 nitrogen and oxygen atoms in total. The minimum Gasteiger partial charge on any atom is -0.383 e. The second kappa shape index (κ2) is 5.82. The van der Waals surface area contributed by atoms with Crippen LogP contribution in [0.3, 0.4) is 0 Å². The van der Waals surface area contributed by atoms with E-state index in [4.69, 9.17) is 10.5 Å². The van der Waals surface area contributed by atoms with Crippen molar-refractivity contribution in [2.75, 3.05) is 25.7 Å². The highest BCUT2D eigenvalue weighted by atomic mass is 16.5. The fraction of sp³-hybridized carbons (Fsp3) is 0.583. The summed E-state index contributed by atoms with van der Waals surface area (Å²) in [6.45, 7) is 4.74. The average molecular weight is 223 g/mol. The summed E-state index contributed by atoms with van der Waals surface area (Å²) in [6, 6.07) is 4.34. The molecular formula is C12H21N3O. The maximum absolute atomic E-state index is 5.77. The van der Waals surface area contributed by atoms with E-state index in [0.29, 0.717) is 12.6 Å². The number of anilines is 1. The zero-order valence-corrected chi connectivity index (χ0v) is 10.5. The monoisotopic (exact) mass is 223 g/mol. The van der Waals surface area contributed by atoms with Crippen molar-refractivity contribution < 1.29 is 4.74 Å². The van der Waals surface area contributed by atoms with Crippen molar-refractivity contribution in [3.63, 3.8) is 0 Å². The van der Waals surface area contributed by atoms with Crippen LogP contribution in [-0.4, -0.2) is 31.8 Å². The number of ether oxygens (including phenoxy) is 1. The first-order chi connectivity index (χ1) is 7.56. The first-order valence-electron chi connectivity index (χ1n) is 5.49. The lowest BCUT2D eigenvalue weighted by Crippen LogP contribution is -2.33. The molecule has 0 fully saturated rings. The van der Waals surface area contributed by atoms with Crippen LogP contribution in [0.4, 0.5) is 5.82 Å². The first kappa shape index (κ1) is 12.9. The van der Waals surface area contributed by atoms with Crippen molar-refractivity contribution in [3.8, 4) is 0 Å². The van der Waals surface area contributed by atoms with Crippen molar-refractivity contribution in [3.05, 3.63) is 23.9 Å². The maximum Gasteiger partial charge on any atom is 0.128 e. The van der Waals surface area contributed by atoms with Crippen molar-refractivity contribution in [2.24, 2.45) is 5.73 Å². The van der Waals surface area contributed by atoms with Gasteiger partial charge >= 0.3 is 0 Å². The number of methoxy groups -OCH3 is 1. The highest BCUT2D eigenvalue weighted by Gasteiger charge is 2.10. The molecule has 0 saturated heterocycles. The molecule has 0 radical (unpaired) electrons. The topological polar surface area (TPSA) is 51.4 Å². The molecule has 0 aliphatic heterocycles. The van der Waals surface area contributed by atoms with Gasteiger partial charge in [0, 0.05) is 26.4 Å². The molecule has 0 aliphatic rings. The molecule has 0 amide bonds. The molecule has 0 aliphatic carbocycles. The molecule has 0 saturated carbocycles. The Bertz CT molecular complexity index is 311. The number of nitrogens with zero attached hydrogens (tertiary/aromatic N) is 2. The minimum atomic E-state index is 0.0308. The molecule has 0 spiro atoms. The van der Waals surface area contributed by atoms with E-state index in [2.05, 4.69) is 16.8 Å². The Hall–Kier alpha value is -1.13. The van der Waals surface area contributed by atoms with E-state index in [9.17, 15) is 0 Å². The maximum atomic E-state index is 5.77. The van der Waals surface area contributed by atoms with E-state index in [1.165, 1.54) is 0 Å². The number of hydrogen-bond donors (Lipinski definition) is 1. The van der Waals surface area contributed by atoms with Gasteiger partial charge in [-0.25, -0.2) is 4.98 Å². The van der Waals surface area contributed by atoms with Gasteiger partial charge in [-0.2, -0.15) is 0 Å². The summed E-state index contributed by atoms with van der Waals surface area (Å²) in [4.78, 5) is 6.49. The fourth-order valence-electron chi connectivity index (χ4n) is 1.45. The summed E-state index contributed by atoms with van der Waals surface area (Å²) in [5, 5.41) is 0. The lowest BCUT2D eigenvalue weighted by atomic mass is 10.1. The van der Waals surface area contributed by atoms with Crippen LogP contribution in [-0.2, 0) is 4.74 Å². The van der Waals surface area contributed by atoms with Crippen LogP contribution in [0.5, 0.6) is 0 Å². The number of rotatable bonds is 5. The van der Waals surface area contributed by atoms with E-state index in [-0.39, 0.29) is 6.04 Å². The molecule has 1 rings (SSSR count). The lowest BCUT2D eigenvalue weighted by Gasteiger charge is -2.25. The Morgan fingerprint density at radius 2 is 2.12 bits per heavy atom. The van der Waals surface area contributed by atoms with Gasteiger partial charge < -0.3 is 15.4 Å². The van der Waals surface area contributed by atoms with Gasteiger partial charge in [0.15, 0.2) is 0 Å². The minimum absolute atomic E-state index is 0.0308. The molecule has 0 bridgehead atoms. The molecule has 1 aromatic rings. The normalized spacial score (nSPS) is 14.6. The van der Waals surface area contributed by atoms with Gasteiger partial charge in [-0.1, -0.05) is 6.07 Å². The molecule has 4 heteroatoms. The molecule has 2 N–H and O–H groups in total. The van der Waals surface area contributed by atoms with Crippen molar-refractivity contribution >= 4 is 5.82 Å². The zero-order chi connectivity index (χ0) is 12.1. The number of likely N-dealkylation sites (N-methyl/N-ethyl adjacent to an activating group) is 1. The Kier molecular flexibility index (Phi) is 4.71. The highest BCUT2D eigenvalue weighted by Crippen LogP contribution is 2.15. The van der Waals surface area contributed by atoms with Crippen LogP contribution in [0.15, 0.2) is 18.3 Å². The molecule has 2 unspecified atom stereocenters. The quantitative estimate of drug-likeness (QED) is 0.823. The SMILES string of the molecule is COCC(C)N(C)c1ccc(C(C)N)cn1. The Balaban J connectivity index is 2.73. The van der Waals surface area contributed by atoms with Gasteiger partial charge in [0.1, 0.15) is 5.82 Å². The van der Waals surface area contributed by atoms with Crippen LogP contribution in [0.1, 0.15) is 25.5 Å². The average Bonchev–Trinajstić information content (AvgIpc) is 2.28. The third-order valence-electron chi connectivity index (χ3n) is 2.73. The summed E-state index contributed by atoms with van der Waals surface area (Å²) in [5.41, 5.74) is 6.83. The van der Waals surface area contributed by atoms with Gasteiger partial charge in [0.05, 0.1) is 12.6 Å². The van der Waals surface area contributed by atoms with Crippen LogP contribution in [0.2, 0.25) is 0 Å². The van der Waals surface area contributed by atoms with E-state index in [1.807, 2.05) is 32.3 Å².